The molecule has 0 spiro atoms. The van der Waals surface area contributed by atoms with Gasteiger partial charge in [-0.05, 0) is 137 Å². The van der Waals surface area contributed by atoms with E-state index in [0.29, 0.717) is 0 Å². The number of furan rings is 4. The Balaban J connectivity index is 0.0000000975. The number of pyridine rings is 1. The smallest absolute Gasteiger partial charge is 0.384 e. The van der Waals surface area contributed by atoms with E-state index in [1.807, 2.05) is 37.1 Å². The highest BCUT2D eigenvalue weighted by Crippen LogP contribution is 2.44. The van der Waals surface area contributed by atoms with Crippen LogP contribution >= 0.6 is 0 Å². The Labute approximate surface area is 558 Å². The molecule has 12 nitrogen and oxygen atoms in total. The van der Waals surface area contributed by atoms with E-state index >= 15 is 0 Å². The van der Waals surface area contributed by atoms with Gasteiger partial charge in [0.2, 0.25) is 11.8 Å². The van der Waals surface area contributed by atoms with Crippen LogP contribution in [-0.2, 0) is 21.1 Å². The van der Waals surface area contributed by atoms with Crippen molar-refractivity contribution in [1.29, 1.82) is 0 Å². The van der Waals surface area contributed by atoms with Gasteiger partial charge in [-0.1, -0.05) is 158 Å². The summed E-state index contributed by atoms with van der Waals surface area (Å²) in [6.45, 7) is 10.7. The molecule has 19 aromatic rings. The molecule has 1 aliphatic rings. The van der Waals surface area contributed by atoms with Crippen molar-refractivity contribution < 1.29 is 35.9 Å². The first kappa shape index (κ1) is 58.7. The van der Waals surface area contributed by atoms with E-state index in [4.69, 9.17) is 22.1 Å². The summed E-state index contributed by atoms with van der Waals surface area (Å²) in [7, 11) is 8.17. The second-order valence-corrected chi connectivity index (χ2v) is 25.6. The van der Waals surface area contributed by atoms with Crippen molar-refractivity contribution in [1.82, 2.24) is 14.1 Å². The number of hydrogen-bond acceptors (Lipinski definition) is 7. The van der Waals surface area contributed by atoms with Crippen molar-refractivity contribution in [3.8, 4) is 23.0 Å². The van der Waals surface area contributed by atoms with E-state index in [9.17, 15) is 0 Å². The predicted molar refractivity (Wildman–Crippen MR) is 393 cm³/mol. The van der Waals surface area contributed by atoms with E-state index in [0.717, 1.165) is 95.0 Å². The summed E-state index contributed by atoms with van der Waals surface area (Å²) in [5.74, 6) is 1.86. The maximum absolute atomic E-state index is 6.37. The van der Waals surface area contributed by atoms with Crippen LogP contribution in [-0.4, -0.2) is 27.4 Å². The zero-order valence-electron chi connectivity index (χ0n) is 55.5. The average Bonchev–Trinajstić information content (AvgIpc) is 1.63. The van der Waals surface area contributed by atoms with Gasteiger partial charge in [-0.2, -0.15) is 4.57 Å². The minimum absolute atomic E-state index is 0.272. The molecule has 0 radical (unpaired) electrons. The van der Waals surface area contributed by atoms with Crippen LogP contribution < -0.4 is 18.7 Å². The molecule has 0 fully saturated rings. The van der Waals surface area contributed by atoms with Gasteiger partial charge >= 0.3 is 11.7 Å². The normalized spacial score (nSPS) is 13.2. The number of rotatable bonds is 4. The lowest BCUT2D eigenvalue weighted by Gasteiger charge is -2.28. The highest BCUT2D eigenvalue weighted by Gasteiger charge is 2.29. The number of fused-ring (bicyclic) bond motifs is 20. The molecule has 8 aromatic heterocycles. The van der Waals surface area contributed by atoms with Crippen LogP contribution in [0.3, 0.4) is 0 Å². The predicted octanol–water partition coefficient (Wildman–Crippen LogP) is 20.1. The summed E-state index contributed by atoms with van der Waals surface area (Å²) in [5, 5.41) is 19.3. The molecule has 12 heteroatoms. The molecular weight excluding hydrogens is 1200 g/mol. The van der Waals surface area contributed by atoms with Gasteiger partial charge in [0, 0.05) is 68.6 Å². The minimum atomic E-state index is 0.272. The Morgan fingerprint density at radius 3 is 1.31 bits per heavy atom. The highest BCUT2D eigenvalue weighted by atomic mass is 16.4. The fourth-order valence-electron chi connectivity index (χ4n) is 14.7. The van der Waals surface area contributed by atoms with Crippen molar-refractivity contribution in [3.63, 3.8) is 0 Å². The zero-order valence-corrected chi connectivity index (χ0v) is 55.5. The molecular formula is C85H70N7O5+3. The number of nitrogens with zero attached hydrogens (tertiary/aromatic N) is 7. The van der Waals surface area contributed by atoms with Crippen LogP contribution in [0.5, 0.6) is 0 Å². The fraction of sp³-hybridized carbons (Fsp3) is 0.118. The Morgan fingerprint density at radius 2 is 0.845 bits per heavy atom. The van der Waals surface area contributed by atoms with Crippen molar-refractivity contribution in [2.24, 2.45) is 21.1 Å². The van der Waals surface area contributed by atoms with Gasteiger partial charge in [0.1, 0.15) is 46.8 Å². The Bertz CT molecular complexity index is 5920. The summed E-state index contributed by atoms with van der Waals surface area (Å²) in [5.41, 5.74) is 15.4. The number of aromatic nitrogens is 5. The Morgan fingerprint density at radius 1 is 0.381 bits per heavy atom. The van der Waals surface area contributed by atoms with Gasteiger partial charge in [0.25, 0.3) is 0 Å². The molecule has 0 bridgehead atoms. The standard InChI is InChI=1S/C22H20N2O.2C21H17N2O.C21H16NO2/c1-14-8-10-18-20-17-7-5-4-6-16(17)9-11-19(20)25-22(18)21(14)24-13-12-23(3)15(24)2;1-14-6-5-12-23(14)21-20-17(11-13-22(21)2)19-16-8-4-3-7-15(16)9-10-18(19)24-20;1-14-8-10-17-19-16-7-4-3-6-15(16)9-11-18(19)24-21(17)20(14)23-13-5-12-22(23)2;1-13-7-9-16-19-15-6-4-3-5-14(15)8-10-17(19)24-20(16)18(13)21-22(2)11-12-23-21/h4-13,15H,1-3H3;2*3-13H,1-2H3;3-12H,1-2H3/q;3*+1/t15-;;;/m0.../s1. The second kappa shape index (κ2) is 23.1. The number of benzene rings is 11. The Hall–Kier alpha value is -12.2. The maximum atomic E-state index is 6.37. The lowest BCUT2D eigenvalue weighted by atomic mass is 10.0. The van der Waals surface area contributed by atoms with E-state index in [-0.39, 0.29) is 6.17 Å². The maximum Gasteiger partial charge on any atom is 0.384 e. The molecule has 0 amide bonds. The monoisotopic (exact) mass is 1270 g/mol. The summed E-state index contributed by atoms with van der Waals surface area (Å²) in [4.78, 5) is 4.50. The van der Waals surface area contributed by atoms with Crippen LogP contribution in [0.4, 0.5) is 5.69 Å². The molecule has 1 aliphatic heterocycles. The van der Waals surface area contributed by atoms with Gasteiger partial charge in [-0.25, -0.2) is 9.13 Å². The van der Waals surface area contributed by atoms with Crippen LogP contribution in [0.2, 0.25) is 0 Å². The number of oxazole rings is 1. The van der Waals surface area contributed by atoms with E-state index in [2.05, 4.69) is 308 Å². The first-order valence-electron chi connectivity index (χ1n) is 32.9. The van der Waals surface area contributed by atoms with Crippen LogP contribution in [0.15, 0.2) is 278 Å². The quantitative estimate of drug-likeness (QED) is 0.162. The number of anilines is 1. The van der Waals surface area contributed by atoms with Gasteiger partial charge in [0.05, 0.1) is 31.3 Å². The molecule has 472 valence electrons. The zero-order chi connectivity index (χ0) is 65.9. The number of aryl methyl sites for hydroxylation is 7. The molecule has 97 heavy (non-hydrogen) atoms. The van der Waals surface area contributed by atoms with Gasteiger partial charge in [-0.15, -0.1) is 9.36 Å². The van der Waals surface area contributed by atoms with Gasteiger partial charge in [0.15, 0.2) is 41.9 Å². The largest absolute Gasteiger partial charge is 0.455 e. The van der Waals surface area contributed by atoms with Crippen LogP contribution in [0.1, 0.15) is 29.3 Å². The first-order valence-corrected chi connectivity index (χ1v) is 32.9. The lowest BCUT2D eigenvalue weighted by molar-refractivity contribution is -0.744. The van der Waals surface area contributed by atoms with Crippen molar-refractivity contribution in [2.45, 2.75) is 40.8 Å². The van der Waals surface area contributed by atoms with Crippen molar-refractivity contribution in [3.05, 3.63) is 278 Å². The molecule has 1 atom stereocenters. The fourth-order valence-corrected chi connectivity index (χ4v) is 14.7. The van der Waals surface area contributed by atoms with Crippen molar-refractivity contribution in [2.75, 3.05) is 11.9 Å². The van der Waals surface area contributed by atoms with Crippen LogP contribution in [0.25, 0.3) is 154 Å². The first-order chi connectivity index (χ1) is 47.4. The third-order valence-corrected chi connectivity index (χ3v) is 19.8. The van der Waals surface area contributed by atoms with Crippen molar-refractivity contribution >= 4 is 137 Å². The molecule has 0 saturated carbocycles. The lowest BCUT2D eigenvalue weighted by Crippen LogP contribution is -2.37. The molecule has 0 unspecified atom stereocenters. The SMILES string of the molecule is Cc1ccc2c(oc3ccc4ccccc4c32)c1-c1occ[n+]1C.Cc1ccc2c(oc3ccc4ccccc4c32)c1-n1ccc[n+]1C.Cc1ccc2c(oc3ccc4ccccc4c32)c1N1C=CN(C)[C@@H]1C.Cc1cccn1-c1c2oc3ccc4ccccc4c3c2cc[n+]1C. The van der Waals surface area contributed by atoms with E-state index in [1.54, 1.807) is 6.26 Å². The summed E-state index contributed by atoms with van der Waals surface area (Å²) >= 11 is 0. The molecule has 0 saturated heterocycles. The molecule has 0 aliphatic carbocycles. The highest BCUT2D eigenvalue weighted by molar-refractivity contribution is 6.23. The van der Waals surface area contributed by atoms with E-state index in [1.165, 1.54) is 86.8 Å². The van der Waals surface area contributed by atoms with Gasteiger partial charge in [-0.3, -0.25) is 0 Å². The summed E-state index contributed by atoms with van der Waals surface area (Å²) in [6, 6.07) is 72.1. The summed E-state index contributed by atoms with van der Waals surface area (Å²) in [6.07, 6.45) is 16.4. The molecule has 0 N–H and O–H groups in total. The molecule has 11 aromatic carbocycles. The molecule has 9 heterocycles. The minimum Gasteiger partial charge on any atom is -0.455 e. The Kier molecular flexibility index (Phi) is 14.0. The van der Waals surface area contributed by atoms with E-state index < -0.39 is 0 Å². The number of hydrogen-bond donors (Lipinski definition) is 0. The van der Waals surface area contributed by atoms with Crippen LogP contribution in [0, 0.1) is 27.7 Å². The van der Waals surface area contributed by atoms with Gasteiger partial charge < -0.3 is 31.9 Å². The second-order valence-electron chi connectivity index (χ2n) is 25.6. The third-order valence-electron chi connectivity index (χ3n) is 19.8. The summed E-state index contributed by atoms with van der Waals surface area (Å²) < 4.78 is 41.5. The third kappa shape index (κ3) is 9.52. The topological polar surface area (TPSA) is 93.7 Å². The molecule has 20 rings (SSSR count). The average molecular weight is 1270 g/mol.